The summed E-state index contributed by atoms with van der Waals surface area (Å²) in [5, 5.41) is 0. The monoisotopic (exact) mass is 750 g/mol. The van der Waals surface area contributed by atoms with Crippen LogP contribution >= 0.6 is 0 Å². The third-order valence-electron chi connectivity index (χ3n) is 12.0. The molecule has 1 aliphatic rings. The van der Waals surface area contributed by atoms with Crippen LogP contribution in [0.15, 0.2) is 231 Å². The fourth-order valence-electron chi connectivity index (χ4n) is 9.38. The third-order valence-corrected chi connectivity index (χ3v) is 12.0. The number of aromatic nitrogens is 2. The maximum atomic E-state index is 5.74. The normalized spacial score (nSPS) is 12.5. The van der Waals surface area contributed by atoms with E-state index in [1.807, 2.05) is 0 Å². The van der Waals surface area contributed by atoms with Gasteiger partial charge in [-0.15, -0.1) is 0 Å². The van der Waals surface area contributed by atoms with Crippen LogP contribution in [-0.4, -0.2) is 9.97 Å². The molecule has 0 fully saturated rings. The van der Waals surface area contributed by atoms with Crippen molar-refractivity contribution in [1.82, 2.24) is 9.97 Å². The second-order valence-corrected chi connectivity index (χ2v) is 15.2. The van der Waals surface area contributed by atoms with Gasteiger partial charge in [-0.1, -0.05) is 218 Å². The molecule has 276 valence electrons. The van der Waals surface area contributed by atoms with Crippen molar-refractivity contribution < 1.29 is 0 Å². The largest absolute Gasteiger partial charge is 0.243 e. The van der Waals surface area contributed by atoms with Gasteiger partial charge in [0, 0.05) is 22.3 Å². The van der Waals surface area contributed by atoms with E-state index in [1.54, 1.807) is 0 Å². The highest BCUT2D eigenvalue weighted by Crippen LogP contribution is 2.57. The zero-order chi connectivity index (χ0) is 39.2. The summed E-state index contributed by atoms with van der Waals surface area (Å²) >= 11 is 0. The summed E-state index contributed by atoms with van der Waals surface area (Å²) in [5.74, 6) is 0. The maximum Gasteiger partial charge on any atom is 0.0985 e. The van der Waals surface area contributed by atoms with Gasteiger partial charge in [0.15, 0.2) is 0 Å². The molecule has 0 atom stereocenters. The maximum absolute atomic E-state index is 5.74. The Morgan fingerprint density at radius 2 is 0.712 bits per heavy atom. The van der Waals surface area contributed by atoms with Crippen LogP contribution in [0.5, 0.6) is 0 Å². The molecule has 59 heavy (non-hydrogen) atoms. The van der Waals surface area contributed by atoms with Crippen molar-refractivity contribution in [3.05, 3.63) is 253 Å². The smallest absolute Gasteiger partial charge is 0.0985 e. The van der Waals surface area contributed by atoms with Crippen LogP contribution in [0, 0.1) is 0 Å². The van der Waals surface area contributed by atoms with Crippen molar-refractivity contribution in [2.45, 2.75) is 5.41 Å². The highest BCUT2D eigenvalue weighted by Gasteiger charge is 2.46. The minimum absolute atomic E-state index is 0.526. The highest BCUT2D eigenvalue weighted by molar-refractivity contribution is 6.09. The predicted octanol–water partition coefficient (Wildman–Crippen LogP) is 14.3. The molecule has 0 saturated carbocycles. The summed E-state index contributed by atoms with van der Waals surface area (Å²) in [4.78, 5) is 11.4. The minimum atomic E-state index is -0.526. The molecule has 0 amide bonds. The summed E-state index contributed by atoms with van der Waals surface area (Å²) in [7, 11) is 0. The van der Waals surface area contributed by atoms with E-state index in [0.29, 0.717) is 0 Å². The van der Waals surface area contributed by atoms with Gasteiger partial charge in [0.25, 0.3) is 0 Å². The number of rotatable bonds is 7. The number of hydrogen-bond donors (Lipinski definition) is 0. The van der Waals surface area contributed by atoms with E-state index in [2.05, 4.69) is 231 Å². The molecule has 2 heteroatoms. The van der Waals surface area contributed by atoms with E-state index in [0.717, 1.165) is 66.9 Å². The quantitative estimate of drug-likeness (QED) is 0.162. The third kappa shape index (κ3) is 5.64. The molecule has 10 aromatic rings. The van der Waals surface area contributed by atoms with Gasteiger partial charge in [-0.2, -0.15) is 0 Å². The van der Waals surface area contributed by atoms with Gasteiger partial charge >= 0.3 is 0 Å². The summed E-state index contributed by atoms with van der Waals surface area (Å²) in [6.45, 7) is 0. The number of hydrogen-bond acceptors (Lipinski definition) is 2. The van der Waals surface area contributed by atoms with Crippen LogP contribution in [0.3, 0.4) is 0 Å². The number of nitrogens with zero attached hydrogens (tertiary/aromatic N) is 2. The van der Waals surface area contributed by atoms with Gasteiger partial charge in [-0.05, 0) is 67.8 Å². The minimum Gasteiger partial charge on any atom is -0.243 e. The number of benzene rings is 9. The molecule has 0 N–H and O–H groups in total. The molecule has 9 aromatic carbocycles. The predicted molar refractivity (Wildman–Crippen MR) is 244 cm³/mol. The SMILES string of the molecule is c1ccc(-c2nc3c(-c4ccccc4)cc(-c4ccc5c(c4)C(c4ccccc4)(c4ccccc4)c4ccccc4-5)c(-c4ccccc4)c3nc2-c2ccccc2)cc1. The summed E-state index contributed by atoms with van der Waals surface area (Å²) in [6.07, 6.45) is 0. The van der Waals surface area contributed by atoms with Gasteiger partial charge in [-0.3, -0.25) is 0 Å². The van der Waals surface area contributed by atoms with Gasteiger partial charge in [0.2, 0.25) is 0 Å². The number of fused-ring (bicyclic) bond motifs is 4. The molecule has 0 bridgehead atoms. The van der Waals surface area contributed by atoms with Gasteiger partial charge in [-0.25, -0.2) is 9.97 Å². The first-order chi connectivity index (χ1) is 29.3. The molecule has 1 heterocycles. The molecule has 1 aromatic heterocycles. The molecule has 2 nitrogen and oxygen atoms in total. The lowest BCUT2D eigenvalue weighted by Gasteiger charge is -2.34. The first-order valence-electron chi connectivity index (χ1n) is 20.3. The second kappa shape index (κ2) is 14.4. The molecule has 0 radical (unpaired) electrons. The van der Waals surface area contributed by atoms with Crippen LogP contribution in [0.2, 0.25) is 0 Å². The highest BCUT2D eigenvalue weighted by atomic mass is 14.8. The Bertz CT molecular complexity index is 3070. The van der Waals surface area contributed by atoms with E-state index in [4.69, 9.17) is 9.97 Å². The van der Waals surface area contributed by atoms with Crippen molar-refractivity contribution in [3.63, 3.8) is 0 Å². The Labute approximate surface area is 344 Å². The Morgan fingerprint density at radius 1 is 0.271 bits per heavy atom. The van der Waals surface area contributed by atoms with Crippen LogP contribution in [0.25, 0.3) is 78.1 Å². The van der Waals surface area contributed by atoms with Crippen LogP contribution in [0.1, 0.15) is 22.3 Å². The fourth-order valence-corrected chi connectivity index (χ4v) is 9.38. The van der Waals surface area contributed by atoms with Crippen LogP contribution in [-0.2, 0) is 5.41 Å². The van der Waals surface area contributed by atoms with E-state index in [9.17, 15) is 0 Å². The van der Waals surface area contributed by atoms with Crippen LogP contribution in [0.4, 0.5) is 0 Å². The molecular weight excluding hydrogens is 713 g/mol. The van der Waals surface area contributed by atoms with Crippen molar-refractivity contribution in [3.8, 4) is 67.0 Å². The Balaban J connectivity index is 1.28. The molecular formula is C57H38N2. The van der Waals surface area contributed by atoms with Crippen molar-refractivity contribution in [2.24, 2.45) is 0 Å². The van der Waals surface area contributed by atoms with Gasteiger partial charge < -0.3 is 0 Å². The molecule has 0 saturated heterocycles. The topological polar surface area (TPSA) is 25.8 Å². The second-order valence-electron chi connectivity index (χ2n) is 15.2. The Morgan fingerprint density at radius 3 is 1.27 bits per heavy atom. The van der Waals surface area contributed by atoms with Gasteiger partial charge in [0.05, 0.1) is 27.8 Å². The zero-order valence-corrected chi connectivity index (χ0v) is 32.3. The lowest BCUT2D eigenvalue weighted by atomic mass is 9.67. The average Bonchev–Trinajstić information content (AvgIpc) is 3.62. The van der Waals surface area contributed by atoms with E-state index < -0.39 is 5.41 Å². The Hall–Kier alpha value is -7.68. The standard InChI is InChI=1S/C57H38N2/c1-7-21-39(22-8-1)49-38-48(43-35-36-47-46-33-19-20-34-50(46)57(51(47)37-43,44-29-15-5-16-30-44)45-31-17-6-18-32-45)52(40-23-9-2-10-24-40)56-55(49)58-53(41-25-11-3-12-26-41)54(59-56)42-27-13-4-14-28-42/h1-38H. The summed E-state index contributed by atoms with van der Waals surface area (Å²) in [6, 6.07) is 82.8. The molecule has 1 aliphatic carbocycles. The Kier molecular flexibility index (Phi) is 8.41. The molecule has 0 unspecified atom stereocenters. The first-order valence-corrected chi connectivity index (χ1v) is 20.3. The average molecular weight is 751 g/mol. The van der Waals surface area contributed by atoms with Crippen molar-refractivity contribution >= 4 is 11.0 Å². The lowest BCUT2D eigenvalue weighted by molar-refractivity contribution is 0.769. The molecule has 0 aliphatic heterocycles. The zero-order valence-electron chi connectivity index (χ0n) is 32.3. The van der Waals surface area contributed by atoms with E-state index >= 15 is 0 Å². The summed E-state index contributed by atoms with van der Waals surface area (Å²) in [5.41, 5.74) is 19.1. The van der Waals surface area contributed by atoms with E-state index in [1.165, 1.54) is 33.4 Å². The molecule has 11 rings (SSSR count). The lowest BCUT2D eigenvalue weighted by Crippen LogP contribution is -2.28. The molecule has 0 spiro atoms. The van der Waals surface area contributed by atoms with E-state index in [-0.39, 0.29) is 0 Å². The first kappa shape index (κ1) is 34.6. The van der Waals surface area contributed by atoms with Crippen molar-refractivity contribution in [1.29, 1.82) is 0 Å². The summed E-state index contributed by atoms with van der Waals surface area (Å²) < 4.78 is 0. The van der Waals surface area contributed by atoms with Gasteiger partial charge in [0.1, 0.15) is 0 Å². The van der Waals surface area contributed by atoms with Crippen molar-refractivity contribution in [2.75, 3.05) is 0 Å². The van der Waals surface area contributed by atoms with Crippen LogP contribution < -0.4 is 0 Å². The fraction of sp³-hybridized carbons (Fsp3) is 0.0175.